The number of nitrogens with zero attached hydrogens (tertiary/aromatic N) is 1. The van der Waals surface area contributed by atoms with Crippen LogP contribution in [0.4, 0.5) is 0 Å². The maximum absolute atomic E-state index is 6.06. The van der Waals surface area contributed by atoms with Gasteiger partial charge in [0.1, 0.15) is 0 Å². The van der Waals surface area contributed by atoms with Crippen LogP contribution in [0.3, 0.4) is 0 Å². The summed E-state index contributed by atoms with van der Waals surface area (Å²) in [6.07, 6.45) is 4.07. The van der Waals surface area contributed by atoms with E-state index in [1.54, 1.807) is 0 Å². The van der Waals surface area contributed by atoms with Gasteiger partial charge >= 0.3 is 0 Å². The Morgan fingerprint density at radius 3 is 2.54 bits per heavy atom. The lowest BCUT2D eigenvalue weighted by molar-refractivity contribution is 0.928. The van der Waals surface area contributed by atoms with E-state index in [4.69, 9.17) is 11.6 Å². The molecule has 0 aliphatic rings. The maximum Gasteiger partial charge on any atom is 0.0484 e. The molecule has 0 saturated carbocycles. The van der Waals surface area contributed by atoms with Crippen molar-refractivity contribution in [1.82, 2.24) is 4.57 Å². The van der Waals surface area contributed by atoms with Gasteiger partial charge in [-0.15, -0.1) is 0 Å². The summed E-state index contributed by atoms with van der Waals surface area (Å²) in [5.74, 6) is 0. The van der Waals surface area contributed by atoms with Gasteiger partial charge in [0.05, 0.1) is 0 Å². The van der Waals surface area contributed by atoms with Crippen molar-refractivity contribution in [2.24, 2.45) is 7.05 Å². The summed E-state index contributed by atoms with van der Waals surface area (Å²) in [6, 6.07) is 9.92. The fourth-order valence-corrected chi connectivity index (χ4v) is 1.60. The largest absolute Gasteiger partial charge is 0.357 e. The molecular weight excluding hydrogens is 182 g/mol. The second kappa shape index (κ2) is 3.27. The van der Waals surface area contributed by atoms with Crippen LogP contribution in [0.15, 0.2) is 42.7 Å². The van der Waals surface area contributed by atoms with Crippen molar-refractivity contribution in [3.05, 3.63) is 47.7 Å². The molecule has 0 N–H and O–H groups in total. The van der Waals surface area contributed by atoms with Gasteiger partial charge in [-0.3, -0.25) is 0 Å². The number of aromatic nitrogens is 1. The molecule has 0 amide bonds. The van der Waals surface area contributed by atoms with Crippen molar-refractivity contribution in [2.45, 2.75) is 0 Å². The number of aryl methyl sites for hydroxylation is 1. The average molecular weight is 192 g/mol. The van der Waals surface area contributed by atoms with E-state index >= 15 is 0 Å². The van der Waals surface area contributed by atoms with Crippen LogP contribution >= 0.6 is 11.6 Å². The smallest absolute Gasteiger partial charge is 0.0484 e. The molecule has 1 aromatic heterocycles. The standard InChI is InChI=1S/C11H10ClN/c1-13-7-6-9(8-13)10-4-2-3-5-11(10)12/h2-8H,1H3. The van der Waals surface area contributed by atoms with Crippen LogP contribution in [0.2, 0.25) is 5.02 Å². The van der Waals surface area contributed by atoms with Crippen LogP contribution in [0.25, 0.3) is 11.1 Å². The first kappa shape index (κ1) is 8.39. The minimum atomic E-state index is 0.800. The quantitative estimate of drug-likeness (QED) is 0.652. The third-order valence-electron chi connectivity index (χ3n) is 2.02. The Morgan fingerprint density at radius 2 is 1.92 bits per heavy atom. The fourth-order valence-electron chi connectivity index (χ4n) is 1.36. The highest BCUT2D eigenvalue weighted by atomic mass is 35.5. The molecule has 13 heavy (non-hydrogen) atoms. The lowest BCUT2D eigenvalue weighted by atomic mass is 10.1. The molecule has 0 aliphatic heterocycles. The number of hydrogen-bond acceptors (Lipinski definition) is 0. The van der Waals surface area contributed by atoms with Gasteiger partial charge < -0.3 is 4.57 Å². The molecule has 0 fully saturated rings. The Hall–Kier alpha value is -1.21. The SMILES string of the molecule is Cn1ccc(-c2ccccc2Cl)c1. The summed E-state index contributed by atoms with van der Waals surface area (Å²) in [5, 5.41) is 0.800. The molecule has 2 aromatic rings. The topological polar surface area (TPSA) is 4.93 Å². The molecule has 1 nitrogen and oxygen atoms in total. The summed E-state index contributed by atoms with van der Waals surface area (Å²) in [4.78, 5) is 0. The van der Waals surface area contributed by atoms with Crippen molar-refractivity contribution in [3.63, 3.8) is 0 Å². The number of hydrogen-bond donors (Lipinski definition) is 0. The first-order valence-electron chi connectivity index (χ1n) is 4.14. The molecule has 1 heterocycles. The van der Waals surface area contributed by atoms with Gasteiger partial charge in [-0.25, -0.2) is 0 Å². The van der Waals surface area contributed by atoms with E-state index in [2.05, 4.69) is 12.3 Å². The predicted molar refractivity (Wildman–Crippen MR) is 55.9 cm³/mol. The lowest BCUT2D eigenvalue weighted by Crippen LogP contribution is -1.79. The zero-order valence-electron chi connectivity index (χ0n) is 7.37. The molecule has 66 valence electrons. The van der Waals surface area contributed by atoms with Crippen molar-refractivity contribution < 1.29 is 0 Å². The molecule has 0 bridgehead atoms. The molecule has 0 unspecified atom stereocenters. The Bertz CT molecular complexity index is 418. The van der Waals surface area contributed by atoms with Crippen LogP contribution in [-0.2, 0) is 7.05 Å². The van der Waals surface area contributed by atoms with Gasteiger partial charge in [0, 0.05) is 35.6 Å². The van der Waals surface area contributed by atoms with E-state index in [1.807, 2.05) is 42.1 Å². The summed E-state index contributed by atoms with van der Waals surface area (Å²) < 4.78 is 2.01. The van der Waals surface area contributed by atoms with Gasteiger partial charge in [0.2, 0.25) is 0 Å². The van der Waals surface area contributed by atoms with E-state index in [0.29, 0.717) is 0 Å². The van der Waals surface area contributed by atoms with Gasteiger partial charge in [0.15, 0.2) is 0 Å². The minimum Gasteiger partial charge on any atom is -0.357 e. The van der Waals surface area contributed by atoms with Gasteiger partial charge in [0.25, 0.3) is 0 Å². The highest BCUT2D eigenvalue weighted by Crippen LogP contribution is 2.27. The molecule has 2 rings (SSSR count). The molecular formula is C11H10ClN. The second-order valence-electron chi connectivity index (χ2n) is 3.05. The number of halogens is 1. The summed E-state index contributed by atoms with van der Waals surface area (Å²) in [5.41, 5.74) is 2.25. The molecule has 0 radical (unpaired) electrons. The van der Waals surface area contributed by atoms with Crippen LogP contribution in [0.5, 0.6) is 0 Å². The predicted octanol–water partition coefficient (Wildman–Crippen LogP) is 3.35. The molecule has 0 saturated heterocycles. The highest BCUT2D eigenvalue weighted by Gasteiger charge is 2.02. The molecule has 0 spiro atoms. The summed E-state index contributed by atoms with van der Waals surface area (Å²) in [6.45, 7) is 0. The Balaban J connectivity index is 2.52. The fraction of sp³-hybridized carbons (Fsp3) is 0.0909. The van der Waals surface area contributed by atoms with Crippen LogP contribution in [-0.4, -0.2) is 4.57 Å². The molecule has 0 aliphatic carbocycles. The Morgan fingerprint density at radius 1 is 1.15 bits per heavy atom. The van der Waals surface area contributed by atoms with Gasteiger partial charge in [-0.2, -0.15) is 0 Å². The third-order valence-corrected chi connectivity index (χ3v) is 2.35. The maximum atomic E-state index is 6.06. The lowest BCUT2D eigenvalue weighted by Gasteiger charge is -1.99. The van der Waals surface area contributed by atoms with Crippen LogP contribution in [0.1, 0.15) is 0 Å². The van der Waals surface area contributed by atoms with E-state index in [-0.39, 0.29) is 0 Å². The number of benzene rings is 1. The van der Waals surface area contributed by atoms with E-state index in [0.717, 1.165) is 16.1 Å². The zero-order valence-corrected chi connectivity index (χ0v) is 8.12. The Kier molecular flexibility index (Phi) is 2.11. The third kappa shape index (κ3) is 1.61. The van der Waals surface area contributed by atoms with Gasteiger partial charge in [-0.05, 0) is 12.1 Å². The van der Waals surface area contributed by atoms with Crippen molar-refractivity contribution >= 4 is 11.6 Å². The monoisotopic (exact) mass is 191 g/mol. The summed E-state index contributed by atoms with van der Waals surface area (Å²) in [7, 11) is 2.00. The van der Waals surface area contributed by atoms with Crippen molar-refractivity contribution in [3.8, 4) is 11.1 Å². The number of rotatable bonds is 1. The zero-order chi connectivity index (χ0) is 9.26. The second-order valence-corrected chi connectivity index (χ2v) is 3.45. The van der Waals surface area contributed by atoms with E-state index in [1.165, 1.54) is 0 Å². The average Bonchev–Trinajstić information content (AvgIpc) is 2.53. The van der Waals surface area contributed by atoms with Gasteiger partial charge in [-0.1, -0.05) is 29.8 Å². The molecule has 1 aromatic carbocycles. The summed E-state index contributed by atoms with van der Waals surface area (Å²) >= 11 is 6.06. The van der Waals surface area contributed by atoms with Crippen LogP contribution in [0, 0.1) is 0 Å². The molecule has 0 atom stereocenters. The first-order chi connectivity index (χ1) is 6.27. The first-order valence-corrected chi connectivity index (χ1v) is 4.52. The molecule has 2 heteroatoms. The van der Waals surface area contributed by atoms with Crippen LogP contribution < -0.4 is 0 Å². The van der Waals surface area contributed by atoms with Crippen molar-refractivity contribution in [1.29, 1.82) is 0 Å². The minimum absolute atomic E-state index is 0.800. The Labute approximate surface area is 82.6 Å². The van der Waals surface area contributed by atoms with E-state index in [9.17, 15) is 0 Å². The highest BCUT2D eigenvalue weighted by molar-refractivity contribution is 6.33. The van der Waals surface area contributed by atoms with E-state index < -0.39 is 0 Å². The van der Waals surface area contributed by atoms with Crippen molar-refractivity contribution in [2.75, 3.05) is 0 Å². The normalized spacial score (nSPS) is 10.3.